The van der Waals surface area contributed by atoms with Crippen LogP contribution in [0.15, 0.2) is 65.5 Å². The van der Waals surface area contributed by atoms with Gasteiger partial charge in [0.05, 0.1) is 21.6 Å². The number of nitrogens with zero attached hydrogens (tertiary/aromatic N) is 2. The fourth-order valence-corrected chi connectivity index (χ4v) is 3.91. The third-order valence-electron chi connectivity index (χ3n) is 5.71. The molecule has 1 atom stereocenters. The number of hydrogen-bond acceptors (Lipinski definition) is 5. The Morgan fingerprint density at radius 2 is 1.74 bits per heavy atom. The minimum atomic E-state index is -1.08. The van der Waals surface area contributed by atoms with E-state index in [0.717, 1.165) is 16.6 Å². The first-order chi connectivity index (χ1) is 16.2. The van der Waals surface area contributed by atoms with Gasteiger partial charge in [-0.05, 0) is 53.6 Å². The van der Waals surface area contributed by atoms with Crippen LogP contribution in [0.5, 0.6) is 5.75 Å². The summed E-state index contributed by atoms with van der Waals surface area (Å²) >= 11 is 5.90. The second kappa shape index (κ2) is 9.62. The van der Waals surface area contributed by atoms with Crippen LogP contribution in [0, 0.1) is 0 Å². The number of ether oxygens (including phenoxy) is 1. The molecule has 0 bridgehead atoms. The Kier molecular flexibility index (Phi) is 6.63. The third-order valence-corrected chi connectivity index (χ3v) is 6.04. The van der Waals surface area contributed by atoms with E-state index in [1.54, 1.807) is 59.6 Å². The highest BCUT2D eigenvalue weighted by molar-refractivity contribution is 6.33. The zero-order valence-corrected chi connectivity index (χ0v) is 19.4. The molecule has 0 fully saturated rings. The molecule has 3 aromatic carbocycles. The van der Waals surface area contributed by atoms with Crippen LogP contribution in [0.3, 0.4) is 0 Å². The lowest BCUT2D eigenvalue weighted by Crippen LogP contribution is -2.19. The lowest BCUT2D eigenvalue weighted by Gasteiger charge is -2.14. The van der Waals surface area contributed by atoms with Gasteiger partial charge in [-0.1, -0.05) is 29.8 Å². The van der Waals surface area contributed by atoms with Gasteiger partial charge in [0.25, 0.3) is 0 Å². The topological polar surface area (TPSA) is 106 Å². The summed E-state index contributed by atoms with van der Waals surface area (Å²) in [4.78, 5) is 23.3. The number of aromatic carboxylic acids is 1. The van der Waals surface area contributed by atoms with Crippen LogP contribution in [-0.4, -0.2) is 31.9 Å². The van der Waals surface area contributed by atoms with Crippen LogP contribution in [0.4, 0.5) is 5.69 Å². The van der Waals surface area contributed by atoms with Gasteiger partial charge in [-0.15, -0.1) is 0 Å². The number of fused-ring (bicyclic) bond motifs is 1. The van der Waals surface area contributed by atoms with Gasteiger partial charge in [0.1, 0.15) is 18.5 Å². The fourth-order valence-electron chi connectivity index (χ4n) is 3.71. The van der Waals surface area contributed by atoms with Crippen molar-refractivity contribution in [1.29, 1.82) is 0 Å². The number of halogens is 1. The lowest BCUT2D eigenvalue weighted by molar-refractivity contribution is 0.0697. The number of nitrogens with one attached hydrogen (secondary N) is 1. The minimum Gasteiger partial charge on any atom is -0.491 e. The Balaban J connectivity index is 1.35. The molecule has 0 aliphatic carbocycles. The molecule has 34 heavy (non-hydrogen) atoms. The van der Waals surface area contributed by atoms with Crippen molar-refractivity contribution in [1.82, 2.24) is 9.13 Å². The molecule has 0 saturated heterocycles. The number of carboxylic acid groups (broad SMARTS) is 1. The summed E-state index contributed by atoms with van der Waals surface area (Å²) in [5.41, 5.74) is 3.75. The highest BCUT2D eigenvalue weighted by Gasteiger charge is 2.14. The maximum atomic E-state index is 12.1. The monoisotopic (exact) mass is 481 g/mol. The molecule has 4 aromatic rings. The maximum absolute atomic E-state index is 12.1. The summed E-state index contributed by atoms with van der Waals surface area (Å²) < 4.78 is 8.86. The van der Waals surface area contributed by atoms with Crippen molar-refractivity contribution in [2.24, 2.45) is 14.1 Å². The highest BCUT2D eigenvalue weighted by atomic mass is 35.5. The summed E-state index contributed by atoms with van der Waals surface area (Å²) in [7, 11) is 3.41. The molecular formula is C25H24ClN3O5. The van der Waals surface area contributed by atoms with Crippen molar-refractivity contribution in [3.63, 3.8) is 0 Å². The molecule has 176 valence electrons. The van der Waals surface area contributed by atoms with Crippen LogP contribution < -0.4 is 15.7 Å². The van der Waals surface area contributed by atoms with Crippen LogP contribution >= 0.6 is 11.6 Å². The first-order valence-corrected chi connectivity index (χ1v) is 10.9. The van der Waals surface area contributed by atoms with Crippen LogP contribution in [0.2, 0.25) is 5.02 Å². The smallest absolute Gasteiger partial charge is 0.337 e. The Bertz CT molecular complexity index is 1410. The minimum absolute atomic E-state index is 0.0441. The SMILES string of the molecule is Cn1c(=O)n(C)c2cc(C(O)COc3ccc(CNc4ccc(Cl)c(C(=O)O)c4)cc3)ccc21. The van der Waals surface area contributed by atoms with Crippen LogP contribution in [0.25, 0.3) is 11.0 Å². The van der Waals surface area contributed by atoms with E-state index in [9.17, 15) is 19.8 Å². The molecule has 0 saturated carbocycles. The third kappa shape index (κ3) is 4.78. The second-order valence-corrected chi connectivity index (χ2v) is 8.38. The van der Waals surface area contributed by atoms with Crippen molar-refractivity contribution in [3.05, 3.63) is 92.9 Å². The van der Waals surface area contributed by atoms with E-state index in [2.05, 4.69) is 5.32 Å². The molecule has 9 heteroatoms. The molecular weight excluding hydrogens is 458 g/mol. The number of aryl methyl sites for hydroxylation is 2. The van der Waals surface area contributed by atoms with Crippen LogP contribution in [0.1, 0.15) is 27.6 Å². The van der Waals surface area contributed by atoms with Crippen LogP contribution in [-0.2, 0) is 20.6 Å². The van der Waals surface area contributed by atoms with Crippen molar-refractivity contribution in [3.8, 4) is 5.75 Å². The average Bonchev–Trinajstić information content (AvgIpc) is 3.06. The number of aliphatic hydroxyl groups is 1. The standard InChI is InChI=1S/C25H24ClN3O5/c1-28-21-10-5-16(11-22(21)29(2)25(28)33)23(30)14-34-18-7-3-15(4-8-18)13-27-17-6-9-20(26)19(12-17)24(31)32/h3-12,23,27,30H,13-14H2,1-2H3,(H,31,32). The van der Waals surface area contributed by atoms with Gasteiger partial charge in [-0.3, -0.25) is 9.13 Å². The van der Waals surface area contributed by atoms with Gasteiger partial charge in [-0.2, -0.15) is 0 Å². The number of carbonyl (C=O) groups is 1. The average molecular weight is 482 g/mol. The molecule has 1 aromatic heterocycles. The molecule has 0 aliphatic rings. The molecule has 0 spiro atoms. The highest BCUT2D eigenvalue weighted by Crippen LogP contribution is 2.23. The van der Waals surface area contributed by atoms with Gasteiger partial charge >= 0.3 is 11.7 Å². The number of anilines is 1. The molecule has 8 nitrogen and oxygen atoms in total. The Morgan fingerprint density at radius 1 is 1.03 bits per heavy atom. The zero-order valence-electron chi connectivity index (χ0n) is 18.7. The quantitative estimate of drug-likeness (QED) is 0.352. The fraction of sp³-hybridized carbons (Fsp3) is 0.200. The lowest BCUT2D eigenvalue weighted by atomic mass is 10.1. The molecule has 1 heterocycles. The van der Waals surface area contributed by atoms with Crippen molar-refractivity contribution >= 4 is 34.3 Å². The number of hydrogen-bond donors (Lipinski definition) is 3. The summed E-state index contributed by atoms with van der Waals surface area (Å²) in [5.74, 6) is -0.472. The predicted octanol–water partition coefficient (Wildman–Crippen LogP) is 3.95. The van der Waals surface area contributed by atoms with E-state index in [0.29, 0.717) is 23.5 Å². The molecule has 3 N–H and O–H groups in total. The maximum Gasteiger partial charge on any atom is 0.337 e. The summed E-state index contributed by atoms with van der Waals surface area (Å²) in [5, 5.41) is 23.1. The van der Waals surface area contributed by atoms with Gasteiger partial charge in [-0.25, -0.2) is 9.59 Å². The van der Waals surface area contributed by atoms with Crippen molar-refractivity contribution < 1.29 is 19.7 Å². The molecule has 1 unspecified atom stereocenters. The Hall–Kier alpha value is -3.75. The van der Waals surface area contributed by atoms with Gasteiger partial charge in [0.2, 0.25) is 0 Å². The summed E-state index contributed by atoms with van der Waals surface area (Å²) in [6.45, 7) is 0.548. The molecule has 0 aliphatic heterocycles. The summed E-state index contributed by atoms with van der Waals surface area (Å²) in [6.07, 6.45) is -0.852. The van der Waals surface area contributed by atoms with E-state index in [4.69, 9.17) is 16.3 Å². The van der Waals surface area contributed by atoms with E-state index in [-0.39, 0.29) is 22.9 Å². The molecule has 0 amide bonds. The van der Waals surface area contributed by atoms with Crippen molar-refractivity contribution in [2.75, 3.05) is 11.9 Å². The predicted molar refractivity (Wildman–Crippen MR) is 131 cm³/mol. The van der Waals surface area contributed by atoms with Gasteiger partial charge < -0.3 is 20.3 Å². The normalized spacial score (nSPS) is 12.0. The summed E-state index contributed by atoms with van der Waals surface area (Å²) in [6, 6.07) is 17.5. The molecule has 4 rings (SSSR count). The Morgan fingerprint density at radius 3 is 2.44 bits per heavy atom. The van der Waals surface area contributed by atoms with E-state index in [1.165, 1.54) is 6.07 Å². The number of aromatic nitrogens is 2. The van der Waals surface area contributed by atoms with Gasteiger partial charge in [0.15, 0.2) is 0 Å². The first kappa shape index (κ1) is 23.4. The van der Waals surface area contributed by atoms with Gasteiger partial charge in [0, 0.05) is 26.3 Å². The molecule has 0 radical (unpaired) electrons. The van der Waals surface area contributed by atoms with E-state index < -0.39 is 12.1 Å². The largest absolute Gasteiger partial charge is 0.491 e. The van der Waals surface area contributed by atoms with E-state index >= 15 is 0 Å². The number of benzene rings is 3. The number of carboxylic acids is 1. The zero-order chi connectivity index (χ0) is 24.4. The second-order valence-electron chi connectivity index (χ2n) is 7.97. The number of imidazole rings is 1. The first-order valence-electron chi connectivity index (χ1n) is 10.6. The number of rotatable bonds is 8. The van der Waals surface area contributed by atoms with E-state index in [1.807, 2.05) is 18.2 Å². The van der Waals surface area contributed by atoms with Crippen molar-refractivity contribution in [2.45, 2.75) is 12.6 Å². The Labute approximate surface area is 200 Å². The number of aliphatic hydroxyl groups excluding tert-OH is 1.